The Bertz CT molecular complexity index is 1200. The first kappa shape index (κ1) is 23.0. The molecule has 0 amide bonds. The van der Waals surface area contributed by atoms with Gasteiger partial charge in [0.2, 0.25) is 5.78 Å². The lowest BCUT2D eigenvalue weighted by molar-refractivity contribution is -0.137. The second-order valence-corrected chi connectivity index (χ2v) is 6.54. The predicted molar refractivity (Wildman–Crippen MR) is 104 cm³/mol. The van der Waals surface area contributed by atoms with Crippen LogP contribution in [0.4, 0.5) is 17.6 Å². The van der Waals surface area contributed by atoms with Gasteiger partial charge in [0.05, 0.1) is 24.3 Å². The number of nitrogens with zero attached hydrogens (tertiary/aromatic N) is 1. The van der Waals surface area contributed by atoms with Crippen LogP contribution in [-0.4, -0.2) is 35.3 Å². The number of esters is 2. The molecule has 0 fully saturated rings. The standard InChI is InChI=1S/C22H17F4NO5/c1-3-31-20(29)16-15-11-13(22(24,25)26)9-10-27(15)18(17(16)21(30)32-4-2)19(28)12-5-7-14(23)8-6-12/h5-11H,3-4H2,1-2H3. The summed E-state index contributed by atoms with van der Waals surface area (Å²) in [5.41, 5.74) is -2.95. The number of carbonyl (C=O) groups excluding carboxylic acids is 3. The van der Waals surface area contributed by atoms with Crippen LogP contribution in [0.1, 0.15) is 56.2 Å². The number of ketones is 1. The largest absolute Gasteiger partial charge is 0.462 e. The molecule has 0 aliphatic rings. The second-order valence-electron chi connectivity index (χ2n) is 6.54. The first-order valence-electron chi connectivity index (χ1n) is 9.49. The van der Waals surface area contributed by atoms with Gasteiger partial charge in [-0.2, -0.15) is 13.2 Å². The Kier molecular flexibility index (Phi) is 6.33. The monoisotopic (exact) mass is 451 g/mol. The molecule has 6 nitrogen and oxygen atoms in total. The third-order valence-electron chi connectivity index (χ3n) is 4.55. The van der Waals surface area contributed by atoms with Gasteiger partial charge in [-0.05, 0) is 50.2 Å². The van der Waals surface area contributed by atoms with Gasteiger partial charge >= 0.3 is 18.1 Å². The Labute approximate surface area is 179 Å². The highest BCUT2D eigenvalue weighted by Crippen LogP contribution is 2.34. The number of alkyl halides is 3. The number of ether oxygens (including phenoxy) is 2. The molecule has 32 heavy (non-hydrogen) atoms. The molecule has 0 spiro atoms. The highest BCUT2D eigenvalue weighted by molar-refractivity contribution is 6.19. The van der Waals surface area contributed by atoms with E-state index in [-0.39, 0.29) is 24.3 Å². The van der Waals surface area contributed by atoms with Gasteiger partial charge in [-0.1, -0.05) is 0 Å². The summed E-state index contributed by atoms with van der Waals surface area (Å²) in [6.45, 7) is 2.72. The Morgan fingerprint density at radius 2 is 1.47 bits per heavy atom. The van der Waals surface area contributed by atoms with E-state index in [2.05, 4.69) is 0 Å². The number of hydrogen-bond acceptors (Lipinski definition) is 5. The molecular weight excluding hydrogens is 434 g/mol. The lowest BCUT2D eigenvalue weighted by Crippen LogP contribution is -2.16. The van der Waals surface area contributed by atoms with Crippen LogP contribution in [0.15, 0.2) is 42.6 Å². The zero-order valence-corrected chi connectivity index (χ0v) is 17.0. The van der Waals surface area contributed by atoms with Crippen LogP contribution >= 0.6 is 0 Å². The average molecular weight is 451 g/mol. The zero-order valence-electron chi connectivity index (χ0n) is 17.0. The van der Waals surface area contributed by atoms with Crippen molar-refractivity contribution in [3.05, 3.63) is 76.4 Å². The van der Waals surface area contributed by atoms with Gasteiger partial charge in [0, 0.05) is 11.8 Å². The summed E-state index contributed by atoms with van der Waals surface area (Å²) < 4.78 is 64.2. The summed E-state index contributed by atoms with van der Waals surface area (Å²) in [4.78, 5) is 38.7. The molecule has 0 unspecified atom stereocenters. The van der Waals surface area contributed by atoms with E-state index in [0.717, 1.165) is 34.9 Å². The topological polar surface area (TPSA) is 74.1 Å². The zero-order chi connectivity index (χ0) is 23.6. The summed E-state index contributed by atoms with van der Waals surface area (Å²) >= 11 is 0. The number of pyridine rings is 1. The number of rotatable bonds is 6. The van der Waals surface area contributed by atoms with Crippen molar-refractivity contribution < 1.29 is 41.4 Å². The number of fused-ring (bicyclic) bond motifs is 1. The molecule has 1 aromatic carbocycles. The molecule has 168 valence electrons. The molecule has 0 N–H and O–H groups in total. The van der Waals surface area contributed by atoms with Crippen molar-refractivity contribution in [1.29, 1.82) is 0 Å². The van der Waals surface area contributed by atoms with Gasteiger partial charge in [-0.3, -0.25) is 4.79 Å². The summed E-state index contributed by atoms with van der Waals surface area (Å²) in [7, 11) is 0. The molecule has 10 heteroatoms. The lowest BCUT2D eigenvalue weighted by atomic mass is 10.0. The first-order valence-corrected chi connectivity index (χ1v) is 9.49. The second kappa shape index (κ2) is 8.81. The third-order valence-corrected chi connectivity index (χ3v) is 4.55. The minimum absolute atomic E-state index is 0.0494. The van der Waals surface area contributed by atoms with Crippen molar-refractivity contribution in [2.24, 2.45) is 0 Å². The minimum Gasteiger partial charge on any atom is -0.462 e. The van der Waals surface area contributed by atoms with Crippen LogP contribution in [0.25, 0.3) is 5.52 Å². The van der Waals surface area contributed by atoms with E-state index < -0.39 is 52.1 Å². The number of carbonyl (C=O) groups is 3. The van der Waals surface area contributed by atoms with E-state index in [4.69, 9.17) is 9.47 Å². The predicted octanol–water partition coefficient (Wildman–Crippen LogP) is 4.68. The number of aromatic nitrogens is 1. The van der Waals surface area contributed by atoms with Crippen LogP contribution in [0.3, 0.4) is 0 Å². The van der Waals surface area contributed by atoms with Crippen molar-refractivity contribution in [3.63, 3.8) is 0 Å². The Hall–Kier alpha value is -3.69. The smallest absolute Gasteiger partial charge is 0.416 e. The van der Waals surface area contributed by atoms with Crippen molar-refractivity contribution in [3.8, 4) is 0 Å². The summed E-state index contributed by atoms with van der Waals surface area (Å²) in [5.74, 6) is -3.61. The van der Waals surface area contributed by atoms with Gasteiger partial charge in [-0.15, -0.1) is 0 Å². The molecular formula is C22H17F4NO5. The maximum atomic E-state index is 13.3. The Balaban J connectivity index is 2.41. The van der Waals surface area contributed by atoms with Crippen LogP contribution in [-0.2, 0) is 15.7 Å². The number of hydrogen-bond donors (Lipinski definition) is 0. The van der Waals surface area contributed by atoms with Gasteiger partial charge in [0.25, 0.3) is 0 Å². The SMILES string of the molecule is CCOC(=O)c1c(C(=O)OCC)c2cc(C(F)(F)F)ccn2c1C(=O)c1ccc(F)cc1. The van der Waals surface area contributed by atoms with E-state index in [0.29, 0.717) is 12.1 Å². The van der Waals surface area contributed by atoms with E-state index in [1.54, 1.807) is 0 Å². The lowest BCUT2D eigenvalue weighted by Gasteiger charge is -2.09. The minimum atomic E-state index is -4.75. The van der Waals surface area contributed by atoms with Gasteiger partial charge in [-0.25, -0.2) is 14.0 Å². The Morgan fingerprint density at radius 1 is 0.906 bits per heavy atom. The van der Waals surface area contributed by atoms with Crippen molar-refractivity contribution >= 4 is 23.2 Å². The molecule has 0 aliphatic carbocycles. The van der Waals surface area contributed by atoms with Crippen LogP contribution in [0, 0.1) is 5.82 Å². The van der Waals surface area contributed by atoms with Gasteiger partial charge in [0.1, 0.15) is 22.6 Å². The maximum Gasteiger partial charge on any atom is 0.416 e. The fourth-order valence-corrected chi connectivity index (χ4v) is 3.20. The molecule has 2 heterocycles. The molecule has 2 aromatic heterocycles. The van der Waals surface area contributed by atoms with E-state index in [1.807, 2.05) is 0 Å². The third kappa shape index (κ3) is 4.20. The van der Waals surface area contributed by atoms with Crippen LogP contribution < -0.4 is 0 Å². The summed E-state index contributed by atoms with van der Waals surface area (Å²) in [5, 5.41) is 0. The van der Waals surface area contributed by atoms with E-state index >= 15 is 0 Å². The van der Waals surface area contributed by atoms with Crippen molar-refractivity contribution in [2.75, 3.05) is 13.2 Å². The molecule has 0 saturated heterocycles. The maximum absolute atomic E-state index is 13.3. The fourth-order valence-electron chi connectivity index (χ4n) is 3.20. The van der Waals surface area contributed by atoms with Crippen molar-refractivity contribution in [1.82, 2.24) is 4.40 Å². The molecule has 0 bridgehead atoms. The van der Waals surface area contributed by atoms with Crippen LogP contribution in [0.5, 0.6) is 0 Å². The molecule has 0 radical (unpaired) electrons. The molecule has 3 rings (SSSR count). The number of halogens is 4. The van der Waals surface area contributed by atoms with Gasteiger partial charge in [0.15, 0.2) is 0 Å². The first-order chi connectivity index (χ1) is 15.1. The fraction of sp³-hybridized carbons (Fsp3) is 0.227. The van der Waals surface area contributed by atoms with E-state index in [9.17, 15) is 31.9 Å². The average Bonchev–Trinajstić information content (AvgIpc) is 3.08. The summed E-state index contributed by atoms with van der Waals surface area (Å²) in [6, 6.07) is 5.69. The molecule has 0 atom stereocenters. The van der Waals surface area contributed by atoms with Crippen LogP contribution in [0.2, 0.25) is 0 Å². The summed E-state index contributed by atoms with van der Waals surface area (Å²) in [6.07, 6.45) is -3.82. The highest BCUT2D eigenvalue weighted by atomic mass is 19.4. The normalized spacial score (nSPS) is 11.4. The van der Waals surface area contributed by atoms with Gasteiger partial charge < -0.3 is 13.9 Å². The quantitative estimate of drug-likeness (QED) is 0.309. The molecule has 3 aromatic rings. The van der Waals surface area contributed by atoms with E-state index in [1.165, 1.54) is 13.8 Å². The molecule has 0 saturated carbocycles. The highest BCUT2D eigenvalue weighted by Gasteiger charge is 2.36. The Morgan fingerprint density at radius 3 is 2.00 bits per heavy atom. The molecule has 0 aliphatic heterocycles. The van der Waals surface area contributed by atoms with Crippen molar-refractivity contribution in [2.45, 2.75) is 20.0 Å². The number of benzene rings is 1.